The van der Waals surface area contributed by atoms with Gasteiger partial charge in [-0.2, -0.15) is 0 Å². The number of hydrogen-bond acceptors (Lipinski definition) is 2. The van der Waals surface area contributed by atoms with Crippen LogP contribution in [-0.4, -0.2) is 34.6 Å². The van der Waals surface area contributed by atoms with Crippen molar-refractivity contribution in [2.45, 2.75) is 19.3 Å². The van der Waals surface area contributed by atoms with E-state index in [-0.39, 0.29) is 0 Å². The number of rotatable bonds is 5. The van der Waals surface area contributed by atoms with Gasteiger partial charge in [-0.05, 0) is 25.7 Å². The molecule has 0 fully saturated rings. The van der Waals surface area contributed by atoms with Crippen molar-refractivity contribution in [1.29, 1.82) is 0 Å². The van der Waals surface area contributed by atoms with Crippen molar-refractivity contribution in [2.24, 2.45) is 0 Å². The Balaban J connectivity index is 2.40. The van der Waals surface area contributed by atoms with Crippen LogP contribution >= 0.6 is 23.2 Å². The average molecular weight is 286 g/mol. The fourth-order valence-electron chi connectivity index (χ4n) is 1.96. The molecule has 0 aliphatic rings. The van der Waals surface area contributed by atoms with Crippen LogP contribution in [0, 0.1) is 0 Å². The molecule has 1 aromatic heterocycles. The smallest absolute Gasteiger partial charge is 0.124 e. The van der Waals surface area contributed by atoms with Gasteiger partial charge in [0.15, 0.2) is 0 Å². The number of alkyl halides is 1. The third-order valence-corrected chi connectivity index (χ3v) is 3.71. The lowest BCUT2D eigenvalue weighted by Gasteiger charge is -2.15. The van der Waals surface area contributed by atoms with Gasteiger partial charge in [0.1, 0.15) is 5.82 Å². The average Bonchev–Trinajstić information content (AvgIpc) is 2.75. The van der Waals surface area contributed by atoms with Crippen molar-refractivity contribution in [3.05, 3.63) is 29.0 Å². The minimum atomic E-state index is 0.404. The normalized spacial score (nSPS) is 11.6. The second-order valence-electron chi connectivity index (χ2n) is 4.32. The quantitative estimate of drug-likeness (QED) is 0.786. The SMILES string of the molecule is CCN(C)CCn1c(CCl)nc2cccc(Cl)c21. The number of benzene rings is 1. The van der Waals surface area contributed by atoms with Gasteiger partial charge in [-0.1, -0.05) is 24.6 Å². The Morgan fingerprint density at radius 1 is 1.39 bits per heavy atom. The van der Waals surface area contributed by atoms with Crippen LogP contribution in [0.5, 0.6) is 0 Å². The summed E-state index contributed by atoms with van der Waals surface area (Å²) in [5.74, 6) is 1.28. The van der Waals surface area contributed by atoms with Gasteiger partial charge < -0.3 is 9.47 Å². The van der Waals surface area contributed by atoms with E-state index in [9.17, 15) is 0 Å². The summed E-state index contributed by atoms with van der Waals surface area (Å²) < 4.78 is 2.12. The fraction of sp³-hybridized carbons (Fsp3) is 0.462. The molecule has 1 heterocycles. The molecule has 98 valence electrons. The summed E-state index contributed by atoms with van der Waals surface area (Å²) >= 11 is 12.2. The van der Waals surface area contributed by atoms with Crippen molar-refractivity contribution >= 4 is 34.2 Å². The Hall–Kier alpha value is -0.770. The lowest BCUT2D eigenvalue weighted by Crippen LogP contribution is -2.23. The molecule has 0 radical (unpaired) electrons. The largest absolute Gasteiger partial charge is 0.324 e. The van der Waals surface area contributed by atoms with Crippen LogP contribution in [0.2, 0.25) is 5.02 Å². The van der Waals surface area contributed by atoms with Crippen LogP contribution in [0.3, 0.4) is 0 Å². The first-order valence-electron chi connectivity index (χ1n) is 6.05. The molecule has 5 heteroatoms. The van der Waals surface area contributed by atoms with Crippen molar-refractivity contribution in [2.75, 3.05) is 20.1 Å². The van der Waals surface area contributed by atoms with Crippen molar-refractivity contribution in [3.8, 4) is 0 Å². The summed E-state index contributed by atoms with van der Waals surface area (Å²) in [6.07, 6.45) is 0. The highest BCUT2D eigenvalue weighted by atomic mass is 35.5. The van der Waals surface area contributed by atoms with E-state index in [1.807, 2.05) is 18.2 Å². The molecule has 0 saturated carbocycles. The van der Waals surface area contributed by atoms with E-state index in [0.717, 1.165) is 41.5 Å². The van der Waals surface area contributed by atoms with E-state index in [4.69, 9.17) is 23.2 Å². The van der Waals surface area contributed by atoms with Crippen LogP contribution in [0.25, 0.3) is 11.0 Å². The maximum atomic E-state index is 6.26. The molecular weight excluding hydrogens is 269 g/mol. The maximum Gasteiger partial charge on any atom is 0.124 e. The summed E-state index contributed by atoms with van der Waals surface area (Å²) in [6.45, 7) is 4.97. The molecule has 0 aliphatic heterocycles. The summed E-state index contributed by atoms with van der Waals surface area (Å²) in [5.41, 5.74) is 1.90. The number of likely N-dealkylation sites (N-methyl/N-ethyl adjacent to an activating group) is 1. The zero-order valence-electron chi connectivity index (χ0n) is 10.7. The Morgan fingerprint density at radius 3 is 2.83 bits per heavy atom. The molecule has 0 N–H and O–H groups in total. The molecule has 0 spiro atoms. The molecule has 0 atom stereocenters. The van der Waals surface area contributed by atoms with E-state index in [0.29, 0.717) is 5.88 Å². The first-order valence-corrected chi connectivity index (χ1v) is 6.96. The molecule has 3 nitrogen and oxygen atoms in total. The third-order valence-electron chi connectivity index (χ3n) is 3.16. The Labute approximate surface area is 117 Å². The van der Waals surface area contributed by atoms with E-state index in [1.54, 1.807) is 0 Å². The van der Waals surface area contributed by atoms with Crippen LogP contribution in [0.4, 0.5) is 0 Å². The fourth-order valence-corrected chi connectivity index (χ4v) is 2.44. The molecule has 0 saturated heterocycles. The van der Waals surface area contributed by atoms with E-state index in [2.05, 4.69) is 28.4 Å². The number of aromatic nitrogens is 2. The lowest BCUT2D eigenvalue weighted by atomic mass is 10.3. The monoisotopic (exact) mass is 285 g/mol. The zero-order valence-corrected chi connectivity index (χ0v) is 12.2. The molecule has 0 aliphatic carbocycles. The summed E-state index contributed by atoms with van der Waals surface area (Å²) in [7, 11) is 2.10. The topological polar surface area (TPSA) is 21.1 Å². The summed E-state index contributed by atoms with van der Waals surface area (Å²) in [4.78, 5) is 6.77. The molecule has 1 aromatic carbocycles. The van der Waals surface area contributed by atoms with Gasteiger partial charge in [-0.15, -0.1) is 11.6 Å². The first-order chi connectivity index (χ1) is 8.67. The molecule has 2 rings (SSSR count). The minimum absolute atomic E-state index is 0.404. The van der Waals surface area contributed by atoms with Crippen LogP contribution in [-0.2, 0) is 12.4 Å². The summed E-state index contributed by atoms with van der Waals surface area (Å²) in [5, 5.41) is 0.732. The zero-order chi connectivity index (χ0) is 13.1. The molecule has 0 bridgehead atoms. The highest BCUT2D eigenvalue weighted by Crippen LogP contribution is 2.25. The van der Waals surface area contributed by atoms with E-state index >= 15 is 0 Å². The van der Waals surface area contributed by atoms with Crippen molar-refractivity contribution < 1.29 is 0 Å². The minimum Gasteiger partial charge on any atom is -0.324 e. The molecule has 2 aromatic rings. The highest BCUT2D eigenvalue weighted by Gasteiger charge is 2.12. The van der Waals surface area contributed by atoms with Gasteiger partial charge in [0.05, 0.1) is 21.9 Å². The van der Waals surface area contributed by atoms with E-state index < -0.39 is 0 Å². The number of hydrogen-bond donors (Lipinski definition) is 0. The number of fused-ring (bicyclic) bond motifs is 1. The standard InChI is InChI=1S/C13H17Cl2N3/c1-3-17(2)7-8-18-12(9-14)16-11-6-4-5-10(15)13(11)18/h4-6H,3,7-9H2,1-2H3. The van der Waals surface area contributed by atoms with Gasteiger partial charge in [0.25, 0.3) is 0 Å². The Morgan fingerprint density at radius 2 is 2.17 bits per heavy atom. The van der Waals surface area contributed by atoms with Crippen LogP contribution in [0.15, 0.2) is 18.2 Å². The number of imidazole rings is 1. The van der Waals surface area contributed by atoms with Gasteiger partial charge in [-0.25, -0.2) is 4.98 Å². The Bertz CT molecular complexity index is 536. The maximum absolute atomic E-state index is 6.26. The molecular formula is C13H17Cl2N3. The molecule has 0 amide bonds. The van der Waals surface area contributed by atoms with Crippen molar-refractivity contribution in [1.82, 2.24) is 14.5 Å². The number of halogens is 2. The van der Waals surface area contributed by atoms with Crippen molar-refractivity contribution in [3.63, 3.8) is 0 Å². The summed E-state index contributed by atoms with van der Waals surface area (Å²) in [6, 6.07) is 5.78. The highest BCUT2D eigenvalue weighted by molar-refractivity contribution is 6.35. The van der Waals surface area contributed by atoms with Gasteiger partial charge >= 0.3 is 0 Å². The predicted molar refractivity (Wildman–Crippen MR) is 77.5 cm³/mol. The Kier molecular flexibility index (Phi) is 4.49. The third kappa shape index (κ3) is 2.63. The van der Waals surface area contributed by atoms with Gasteiger partial charge in [0, 0.05) is 13.1 Å². The second kappa shape index (κ2) is 5.91. The second-order valence-corrected chi connectivity index (χ2v) is 4.99. The molecule has 0 unspecified atom stereocenters. The lowest BCUT2D eigenvalue weighted by molar-refractivity contribution is 0.335. The van der Waals surface area contributed by atoms with Gasteiger partial charge in [0.2, 0.25) is 0 Å². The predicted octanol–water partition coefficient (Wildman–Crippen LogP) is 3.38. The van der Waals surface area contributed by atoms with Crippen LogP contribution in [0.1, 0.15) is 12.7 Å². The molecule has 18 heavy (non-hydrogen) atoms. The van der Waals surface area contributed by atoms with Crippen LogP contribution < -0.4 is 0 Å². The number of nitrogens with zero attached hydrogens (tertiary/aromatic N) is 3. The number of para-hydroxylation sites is 1. The van der Waals surface area contributed by atoms with Gasteiger partial charge in [-0.3, -0.25) is 0 Å². The first kappa shape index (κ1) is 13.7. The van der Waals surface area contributed by atoms with E-state index in [1.165, 1.54) is 0 Å².